The zero-order valence-corrected chi connectivity index (χ0v) is 11.9. The van der Waals surface area contributed by atoms with Crippen LogP contribution < -0.4 is 4.87 Å². The number of thiazole rings is 1. The van der Waals surface area contributed by atoms with Gasteiger partial charge >= 0.3 is 10.8 Å². The molecule has 3 aromatic rings. The number of furan rings is 1. The fourth-order valence-corrected chi connectivity index (χ4v) is 3.00. The van der Waals surface area contributed by atoms with Crippen molar-refractivity contribution in [2.24, 2.45) is 0 Å². The normalized spacial score (nSPS) is 11.0. The van der Waals surface area contributed by atoms with Gasteiger partial charge in [0.15, 0.2) is 5.76 Å². The van der Waals surface area contributed by atoms with Crippen molar-refractivity contribution in [2.75, 3.05) is 0 Å². The first-order valence-electron chi connectivity index (χ1n) is 6.54. The van der Waals surface area contributed by atoms with Crippen LogP contribution >= 0.6 is 11.3 Å². The van der Waals surface area contributed by atoms with Gasteiger partial charge in [0.25, 0.3) is 0 Å². The van der Waals surface area contributed by atoms with E-state index in [0.29, 0.717) is 24.4 Å². The van der Waals surface area contributed by atoms with E-state index < -0.39 is 5.97 Å². The van der Waals surface area contributed by atoms with Gasteiger partial charge in [0.05, 0.1) is 5.69 Å². The number of para-hydroxylation sites is 1. The summed E-state index contributed by atoms with van der Waals surface area (Å²) in [7, 11) is 0. The number of carboxylic acid groups (broad SMARTS) is 1. The molecule has 3 rings (SSSR count). The molecule has 1 N–H and O–H groups in total. The Balaban J connectivity index is 1.94. The number of carbonyl (C=O) groups is 1. The molecule has 2 heterocycles. The van der Waals surface area contributed by atoms with E-state index in [4.69, 9.17) is 9.52 Å². The lowest BCUT2D eigenvalue weighted by molar-refractivity contribution is -0.137. The van der Waals surface area contributed by atoms with E-state index in [1.807, 2.05) is 30.3 Å². The summed E-state index contributed by atoms with van der Waals surface area (Å²) in [6.07, 6.45) is 0.459. The van der Waals surface area contributed by atoms with Crippen molar-refractivity contribution in [3.8, 4) is 11.5 Å². The molecule has 0 aliphatic heterocycles. The average molecular weight is 303 g/mol. The van der Waals surface area contributed by atoms with Crippen LogP contribution in [0.25, 0.3) is 22.4 Å². The van der Waals surface area contributed by atoms with Crippen LogP contribution in [-0.4, -0.2) is 15.6 Å². The van der Waals surface area contributed by atoms with Crippen LogP contribution in [0.1, 0.15) is 12.8 Å². The number of aliphatic carboxylic acids is 1. The van der Waals surface area contributed by atoms with Gasteiger partial charge in [0.2, 0.25) is 0 Å². The molecule has 0 fully saturated rings. The van der Waals surface area contributed by atoms with Gasteiger partial charge in [-0.3, -0.25) is 14.2 Å². The molecule has 0 saturated carbocycles. The third-order valence-electron chi connectivity index (χ3n) is 3.23. The van der Waals surface area contributed by atoms with E-state index >= 15 is 0 Å². The van der Waals surface area contributed by atoms with Crippen LogP contribution in [0.15, 0.2) is 44.9 Å². The Kier molecular flexibility index (Phi) is 3.62. The van der Waals surface area contributed by atoms with Gasteiger partial charge < -0.3 is 9.52 Å². The van der Waals surface area contributed by atoms with E-state index in [1.54, 1.807) is 9.95 Å². The molecule has 108 valence electrons. The Labute approximate surface area is 124 Å². The van der Waals surface area contributed by atoms with Gasteiger partial charge in [-0.2, -0.15) is 0 Å². The lowest BCUT2D eigenvalue weighted by Crippen LogP contribution is -2.15. The highest BCUT2D eigenvalue weighted by Crippen LogP contribution is 2.28. The predicted molar refractivity (Wildman–Crippen MR) is 80.7 cm³/mol. The SMILES string of the molecule is O=C(O)CCCn1c(-c2cc3ccccc3o2)csc1=O. The molecule has 0 spiro atoms. The van der Waals surface area contributed by atoms with Crippen molar-refractivity contribution >= 4 is 28.3 Å². The number of rotatable bonds is 5. The van der Waals surface area contributed by atoms with Gasteiger partial charge in [-0.05, 0) is 18.6 Å². The standard InChI is InChI=1S/C15H13NO4S/c17-14(18)6-3-7-16-11(9-21-15(16)19)13-8-10-4-1-2-5-12(10)20-13/h1-2,4-5,8-9H,3,6-7H2,(H,17,18). The second-order valence-electron chi connectivity index (χ2n) is 4.68. The number of fused-ring (bicyclic) bond motifs is 1. The fraction of sp³-hybridized carbons (Fsp3) is 0.200. The van der Waals surface area contributed by atoms with Gasteiger partial charge in [-0.15, -0.1) is 0 Å². The Morgan fingerprint density at radius 1 is 1.33 bits per heavy atom. The van der Waals surface area contributed by atoms with E-state index in [2.05, 4.69) is 0 Å². The highest BCUT2D eigenvalue weighted by molar-refractivity contribution is 7.07. The van der Waals surface area contributed by atoms with Crippen molar-refractivity contribution in [3.05, 3.63) is 45.4 Å². The molecular weight excluding hydrogens is 290 g/mol. The summed E-state index contributed by atoms with van der Waals surface area (Å²) < 4.78 is 7.34. The monoisotopic (exact) mass is 303 g/mol. The van der Waals surface area contributed by atoms with Gasteiger partial charge in [0, 0.05) is 23.7 Å². The van der Waals surface area contributed by atoms with Crippen LogP contribution in [0, 0.1) is 0 Å². The third kappa shape index (κ3) is 2.75. The van der Waals surface area contributed by atoms with Gasteiger partial charge in [0.1, 0.15) is 5.58 Å². The van der Waals surface area contributed by atoms with E-state index in [1.165, 1.54) is 0 Å². The molecule has 6 heteroatoms. The Morgan fingerprint density at radius 2 is 2.14 bits per heavy atom. The average Bonchev–Trinajstić information content (AvgIpc) is 3.02. The lowest BCUT2D eigenvalue weighted by atomic mass is 10.2. The molecule has 0 aliphatic rings. The molecular formula is C15H13NO4S. The number of carboxylic acids is 1. The number of hydrogen-bond acceptors (Lipinski definition) is 4. The first kappa shape index (κ1) is 13.6. The van der Waals surface area contributed by atoms with Crippen LogP contribution in [0.3, 0.4) is 0 Å². The van der Waals surface area contributed by atoms with Crippen LogP contribution in [0.2, 0.25) is 0 Å². The van der Waals surface area contributed by atoms with E-state index in [9.17, 15) is 9.59 Å². The number of aromatic nitrogens is 1. The molecule has 0 amide bonds. The van der Waals surface area contributed by atoms with Crippen molar-refractivity contribution < 1.29 is 14.3 Å². The fourth-order valence-electron chi connectivity index (χ4n) is 2.23. The Morgan fingerprint density at radius 3 is 2.90 bits per heavy atom. The quantitative estimate of drug-likeness (QED) is 0.785. The number of nitrogens with zero attached hydrogens (tertiary/aromatic N) is 1. The molecule has 5 nitrogen and oxygen atoms in total. The first-order chi connectivity index (χ1) is 10.1. The molecule has 21 heavy (non-hydrogen) atoms. The lowest BCUT2D eigenvalue weighted by Gasteiger charge is -2.04. The molecule has 0 saturated heterocycles. The minimum absolute atomic E-state index is 0.0435. The maximum atomic E-state index is 11.9. The highest BCUT2D eigenvalue weighted by atomic mass is 32.1. The number of hydrogen-bond donors (Lipinski definition) is 1. The summed E-state index contributed by atoms with van der Waals surface area (Å²) >= 11 is 1.09. The number of benzene rings is 1. The van der Waals surface area contributed by atoms with Crippen molar-refractivity contribution in [3.63, 3.8) is 0 Å². The molecule has 0 radical (unpaired) electrons. The summed E-state index contributed by atoms with van der Waals surface area (Å²) in [4.78, 5) is 22.4. The van der Waals surface area contributed by atoms with Crippen LogP contribution in [-0.2, 0) is 11.3 Å². The summed E-state index contributed by atoms with van der Waals surface area (Å²) in [6.45, 7) is 0.376. The smallest absolute Gasteiger partial charge is 0.307 e. The van der Waals surface area contributed by atoms with Crippen molar-refractivity contribution in [1.29, 1.82) is 0 Å². The minimum Gasteiger partial charge on any atom is -0.481 e. The zero-order chi connectivity index (χ0) is 14.8. The second-order valence-corrected chi connectivity index (χ2v) is 5.50. The minimum atomic E-state index is -0.858. The Bertz CT molecular complexity index is 810. The van der Waals surface area contributed by atoms with Gasteiger partial charge in [-0.25, -0.2) is 0 Å². The van der Waals surface area contributed by atoms with Crippen LogP contribution in [0.4, 0.5) is 0 Å². The van der Waals surface area contributed by atoms with Crippen LogP contribution in [0.5, 0.6) is 0 Å². The summed E-state index contributed by atoms with van der Waals surface area (Å²) in [5.41, 5.74) is 1.47. The summed E-state index contributed by atoms with van der Waals surface area (Å²) in [5, 5.41) is 11.4. The maximum Gasteiger partial charge on any atom is 0.307 e. The largest absolute Gasteiger partial charge is 0.481 e. The highest BCUT2D eigenvalue weighted by Gasteiger charge is 2.13. The summed E-state index contributed by atoms with van der Waals surface area (Å²) in [6, 6.07) is 9.53. The van der Waals surface area contributed by atoms with E-state index in [0.717, 1.165) is 22.3 Å². The molecule has 0 unspecified atom stereocenters. The molecule has 0 aliphatic carbocycles. The van der Waals surface area contributed by atoms with Crippen molar-refractivity contribution in [1.82, 2.24) is 4.57 Å². The van der Waals surface area contributed by atoms with Crippen molar-refractivity contribution in [2.45, 2.75) is 19.4 Å². The van der Waals surface area contributed by atoms with E-state index in [-0.39, 0.29) is 11.3 Å². The zero-order valence-electron chi connectivity index (χ0n) is 11.1. The molecule has 1 aromatic carbocycles. The second kappa shape index (κ2) is 5.57. The molecule has 0 bridgehead atoms. The predicted octanol–water partition coefficient (Wildman–Crippen LogP) is 3.19. The summed E-state index contributed by atoms with van der Waals surface area (Å²) in [5.74, 6) is -0.228. The molecule has 2 aromatic heterocycles. The third-order valence-corrected chi connectivity index (χ3v) is 4.00. The topological polar surface area (TPSA) is 72.4 Å². The maximum absolute atomic E-state index is 11.9. The Hall–Kier alpha value is -2.34. The van der Waals surface area contributed by atoms with Gasteiger partial charge in [-0.1, -0.05) is 29.5 Å². The first-order valence-corrected chi connectivity index (χ1v) is 7.42. The molecule has 0 atom stereocenters.